The van der Waals surface area contributed by atoms with Crippen molar-refractivity contribution in [3.8, 4) is 0 Å². The van der Waals surface area contributed by atoms with Gasteiger partial charge in [0.15, 0.2) is 4.34 Å². The molecule has 1 N–H and O–H groups in total. The van der Waals surface area contributed by atoms with Crippen LogP contribution >= 0.6 is 23.1 Å². The lowest BCUT2D eigenvalue weighted by Gasteiger charge is -2.31. The summed E-state index contributed by atoms with van der Waals surface area (Å²) in [6.07, 6.45) is 2.70. The van der Waals surface area contributed by atoms with Crippen molar-refractivity contribution in [1.29, 1.82) is 0 Å². The molecule has 1 aromatic heterocycles. The Balaban J connectivity index is 1.78. The molecule has 1 aliphatic rings. The van der Waals surface area contributed by atoms with Gasteiger partial charge in [-0.25, -0.2) is 0 Å². The number of thioether (sulfide) groups is 1. The maximum absolute atomic E-state index is 12.1. The van der Waals surface area contributed by atoms with Gasteiger partial charge in [0.25, 0.3) is 0 Å². The highest BCUT2D eigenvalue weighted by atomic mass is 32.2. The van der Waals surface area contributed by atoms with Crippen LogP contribution in [0, 0.1) is 6.92 Å². The van der Waals surface area contributed by atoms with Gasteiger partial charge in [-0.05, 0) is 27.2 Å². The third kappa shape index (κ3) is 6.58. The summed E-state index contributed by atoms with van der Waals surface area (Å²) in [7, 11) is 0. The molecule has 0 unspecified atom stereocenters. The number of hydrogen-bond donors (Lipinski definition) is 1. The van der Waals surface area contributed by atoms with Gasteiger partial charge in [-0.15, -0.1) is 10.2 Å². The average molecular weight is 358 g/mol. The maximum atomic E-state index is 12.1. The SMILES string of the molecule is CC(C)=CCO[C@@H]1COCC[C@H]1NC(=O)CSc1nnc(C)s1. The fourth-order valence-corrected chi connectivity index (χ4v) is 3.72. The fourth-order valence-electron chi connectivity index (χ4n) is 2.09. The number of aromatic nitrogens is 2. The molecule has 1 saturated heterocycles. The first-order valence-corrected chi connectivity index (χ1v) is 9.40. The zero-order chi connectivity index (χ0) is 16.7. The Labute approximate surface area is 145 Å². The summed E-state index contributed by atoms with van der Waals surface area (Å²) in [4.78, 5) is 12.1. The van der Waals surface area contributed by atoms with Crippen LogP contribution in [0.25, 0.3) is 0 Å². The second-order valence-corrected chi connectivity index (χ2v) is 7.97. The normalized spacial score (nSPS) is 21.0. The van der Waals surface area contributed by atoms with Crippen LogP contribution in [-0.2, 0) is 14.3 Å². The van der Waals surface area contributed by atoms with Crippen LogP contribution in [0.2, 0.25) is 0 Å². The average Bonchev–Trinajstić information content (AvgIpc) is 2.92. The van der Waals surface area contributed by atoms with Gasteiger partial charge in [0.05, 0.1) is 25.0 Å². The molecule has 1 aliphatic heterocycles. The minimum absolute atomic E-state index is 0.00133. The molecule has 8 heteroatoms. The molecule has 0 radical (unpaired) electrons. The zero-order valence-corrected chi connectivity index (χ0v) is 15.3. The van der Waals surface area contributed by atoms with E-state index in [1.165, 1.54) is 28.7 Å². The molecule has 0 saturated carbocycles. The molecular weight excluding hydrogens is 334 g/mol. The van der Waals surface area contributed by atoms with E-state index in [0.717, 1.165) is 15.8 Å². The van der Waals surface area contributed by atoms with Gasteiger partial charge in [-0.1, -0.05) is 34.7 Å². The fraction of sp³-hybridized carbons (Fsp3) is 0.667. The zero-order valence-electron chi connectivity index (χ0n) is 13.7. The van der Waals surface area contributed by atoms with E-state index in [4.69, 9.17) is 9.47 Å². The minimum Gasteiger partial charge on any atom is -0.379 e. The second kappa shape index (κ2) is 9.36. The predicted octanol–water partition coefficient (Wildman–Crippen LogP) is 2.20. The predicted molar refractivity (Wildman–Crippen MR) is 91.9 cm³/mol. The highest BCUT2D eigenvalue weighted by molar-refractivity contribution is 8.01. The van der Waals surface area contributed by atoms with Gasteiger partial charge in [0.2, 0.25) is 5.91 Å². The Morgan fingerprint density at radius 2 is 2.35 bits per heavy atom. The first-order chi connectivity index (χ1) is 11.0. The number of nitrogens with zero attached hydrogens (tertiary/aromatic N) is 2. The van der Waals surface area contributed by atoms with Gasteiger partial charge in [0.1, 0.15) is 11.1 Å². The molecule has 6 nitrogen and oxygen atoms in total. The Morgan fingerprint density at radius 3 is 3.04 bits per heavy atom. The van der Waals surface area contributed by atoms with Crippen LogP contribution in [0.5, 0.6) is 0 Å². The first-order valence-electron chi connectivity index (χ1n) is 7.59. The Kier molecular flexibility index (Phi) is 7.48. The Morgan fingerprint density at radius 1 is 1.52 bits per heavy atom. The number of carbonyl (C=O) groups is 1. The number of ether oxygens (including phenoxy) is 2. The van der Waals surface area contributed by atoms with Crippen molar-refractivity contribution in [3.05, 3.63) is 16.7 Å². The van der Waals surface area contributed by atoms with Crippen molar-refractivity contribution in [2.24, 2.45) is 0 Å². The summed E-state index contributed by atoms with van der Waals surface area (Å²) in [5.74, 6) is 0.331. The first kappa shape index (κ1) is 18.4. The quantitative estimate of drug-likeness (QED) is 0.596. The molecule has 1 aromatic rings. The number of rotatable bonds is 7. The number of amides is 1. The van der Waals surface area contributed by atoms with Crippen molar-refractivity contribution in [2.75, 3.05) is 25.6 Å². The molecule has 0 bridgehead atoms. The van der Waals surface area contributed by atoms with E-state index >= 15 is 0 Å². The summed E-state index contributed by atoms with van der Waals surface area (Å²) in [6.45, 7) is 7.68. The summed E-state index contributed by atoms with van der Waals surface area (Å²) in [5, 5.41) is 11.9. The molecule has 0 aromatic carbocycles. The molecule has 2 heterocycles. The maximum Gasteiger partial charge on any atom is 0.230 e. The standard InChI is InChI=1S/C15H23N3O3S2/c1-10(2)4-7-21-13-8-20-6-5-12(13)16-14(19)9-22-15-18-17-11(3)23-15/h4,12-13H,5-9H2,1-3H3,(H,16,19)/t12-,13-/m1/s1. The highest BCUT2D eigenvalue weighted by Crippen LogP contribution is 2.21. The van der Waals surface area contributed by atoms with E-state index in [1.807, 2.05) is 26.8 Å². The van der Waals surface area contributed by atoms with Crippen molar-refractivity contribution in [3.63, 3.8) is 0 Å². The highest BCUT2D eigenvalue weighted by Gasteiger charge is 2.27. The number of allylic oxidation sites excluding steroid dienone is 1. The molecule has 0 aliphatic carbocycles. The van der Waals surface area contributed by atoms with E-state index in [9.17, 15) is 4.79 Å². The van der Waals surface area contributed by atoms with E-state index < -0.39 is 0 Å². The molecule has 2 atom stereocenters. The van der Waals surface area contributed by atoms with Crippen LogP contribution in [0.4, 0.5) is 0 Å². The lowest BCUT2D eigenvalue weighted by molar-refractivity contribution is -0.123. The molecule has 1 amide bonds. The lowest BCUT2D eigenvalue weighted by atomic mass is 10.1. The monoisotopic (exact) mass is 357 g/mol. The third-order valence-corrected chi connectivity index (χ3v) is 5.26. The smallest absolute Gasteiger partial charge is 0.230 e. The van der Waals surface area contributed by atoms with Gasteiger partial charge >= 0.3 is 0 Å². The largest absolute Gasteiger partial charge is 0.379 e. The van der Waals surface area contributed by atoms with Gasteiger partial charge in [-0.3, -0.25) is 4.79 Å². The van der Waals surface area contributed by atoms with Crippen molar-refractivity contribution in [1.82, 2.24) is 15.5 Å². The van der Waals surface area contributed by atoms with Gasteiger partial charge in [-0.2, -0.15) is 0 Å². The van der Waals surface area contributed by atoms with E-state index in [2.05, 4.69) is 15.5 Å². The molecule has 1 fully saturated rings. The number of nitrogens with one attached hydrogen (secondary N) is 1. The number of carbonyl (C=O) groups excluding carboxylic acids is 1. The van der Waals surface area contributed by atoms with Crippen LogP contribution in [0.1, 0.15) is 25.3 Å². The lowest BCUT2D eigenvalue weighted by Crippen LogP contribution is -2.50. The van der Waals surface area contributed by atoms with E-state index in [-0.39, 0.29) is 18.1 Å². The van der Waals surface area contributed by atoms with E-state index in [1.54, 1.807) is 0 Å². The van der Waals surface area contributed by atoms with Gasteiger partial charge < -0.3 is 14.8 Å². The second-order valence-electron chi connectivity index (χ2n) is 5.57. The van der Waals surface area contributed by atoms with Crippen molar-refractivity contribution in [2.45, 2.75) is 43.7 Å². The Bertz CT molecular complexity index is 544. The summed E-state index contributed by atoms with van der Waals surface area (Å²) >= 11 is 2.91. The molecule has 0 spiro atoms. The van der Waals surface area contributed by atoms with Gasteiger partial charge in [0, 0.05) is 6.61 Å². The minimum atomic E-state index is -0.0999. The third-order valence-electron chi connectivity index (χ3n) is 3.29. The number of hydrogen-bond acceptors (Lipinski definition) is 7. The molecular formula is C15H23N3O3S2. The van der Waals surface area contributed by atoms with Crippen LogP contribution in [0.3, 0.4) is 0 Å². The van der Waals surface area contributed by atoms with E-state index in [0.29, 0.717) is 25.6 Å². The van der Waals surface area contributed by atoms with Crippen molar-refractivity contribution >= 4 is 29.0 Å². The summed E-state index contributed by atoms with van der Waals surface area (Å²) in [6, 6.07) is -0.00133. The molecule has 23 heavy (non-hydrogen) atoms. The van der Waals surface area contributed by atoms with Crippen LogP contribution in [-0.4, -0.2) is 53.8 Å². The summed E-state index contributed by atoms with van der Waals surface area (Å²) < 4.78 is 12.1. The number of aryl methyl sites for hydroxylation is 1. The Hall–Kier alpha value is -0.960. The molecule has 2 rings (SSSR count). The topological polar surface area (TPSA) is 73.3 Å². The van der Waals surface area contributed by atoms with Crippen molar-refractivity contribution < 1.29 is 14.3 Å². The molecule has 128 valence electrons. The van der Waals surface area contributed by atoms with Crippen LogP contribution < -0.4 is 5.32 Å². The van der Waals surface area contributed by atoms with Crippen LogP contribution in [0.15, 0.2) is 16.0 Å². The summed E-state index contributed by atoms with van der Waals surface area (Å²) in [5.41, 5.74) is 1.21.